The summed E-state index contributed by atoms with van der Waals surface area (Å²) in [6.45, 7) is 12.2. The van der Waals surface area contributed by atoms with E-state index in [1.54, 1.807) is 0 Å². The van der Waals surface area contributed by atoms with E-state index in [0.717, 1.165) is 19.6 Å². The van der Waals surface area contributed by atoms with E-state index in [1.165, 1.54) is 43.4 Å². The molecule has 0 amide bonds. The van der Waals surface area contributed by atoms with Gasteiger partial charge in [-0.3, -0.25) is 0 Å². The Balaban J connectivity index is 0.000000292. The summed E-state index contributed by atoms with van der Waals surface area (Å²) in [5, 5.41) is 9.72. The number of likely N-dealkylation sites (tertiary alicyclic amines) is 1. The molecule has 2 saturated heterocycles. The Hall–Kier alpha value is -1.06. The van der Waals surface area contributed by atoms with E-state index >= 15 is 0 Å². The highest BCUT2D eigenvalue weighted by atomic mass is 16.5. The normalized spacial score (nSPS) is 27.6. The lowest BCUT2D eigenvalue weighted by Gasteiger charge is -2.37. The summed E-state index contributed by atoms with van der Waals surface area (Å²) in [6.07, 6.45) is 6.56. The zero-order chi connectivity index (χ0) is 17.5. The summed E-state index contributed by atoms with van der Waals surface area (Å²) in [5.74, 6) is 1.03. The lowest BCUT2D eigenvalue weighted by atomic mass is 9.83. The first-order valence-corrected chi connectivity index (χ1v) is 9.72. The Morgan fingerprint density at radius 1 is 1.21 bits per heavy atom. The van der Waals surface area contributed by atoms with Gasteiger partial charge in [0.15, 0.2) is 0 Å². The highest BCUT2D eigenvalue weighted by molar-refractivity contribution is 5.37. The molecule has 2 fully saturated rings. The van der Waals surface area contributed by atoms with Crippen LogP contribution in [0.25, 0.3) is 0 Å². The zero-order valence-electron chi connectivity index (χ0n) is 15.9. The average Bonchev–Trinajstić information content (AvgIpc) is 3.06. The van der Waals surface area contributed by atoms with E-state index in [1.807, 2.05) is 12.1 Å². The monoisotopic (exact) mass is 333 g/mol. The van der Waals surface area contributed by atoms with Crippen LogP contribution in [0.4, 0.5) is 0 Å². The molecule has 0 saturated carbocycles. The molecule has 0 bridgehead atoms. The van der Waals surface area contributed by atoms with Crippen molar-refractivity contribution in [3.05, 3.63) is 29.3 Å². The number of hydrogen-bond donors (Lipinski definition) is 1. The van der Waals surface area contributed by atoms with Crippen LogP contribution in [-0.2, 0) is 11.2 Å². The Morgan fingerprint density at radius 2 is 2.00 bits per heavy atom. The predicted molar refractivity (Wildman–Crippen MR) is 101 cm³/mol. The molecular formula is C21H35NO2. The molecule has 0 radical (unpaired) electrons. The summed E-state index contributed by atoms with van der Waals surface area (Å²) in [5.41, 5.74) is 2.77. The maximum Gasteiger partial charge on any atom is 0.115 e. The van der Waals surface area contributed by atoms with Crippen molar-refractivity contribution in [2.75, 3.05) is 19.7 Å². The minimum absolute atomic E-state index is 0.410. The van der Waals surface area contributed by atoms with Crippen LogP contribution in [0.3, 0.4) is 0 Å². The number of aryl methyl sites for hydroxylation is 1. The third kappa shape index (κ3) is 5.22. The zero-order valence-corrected chi connectivity index (χ0v) is 15.9. The fourth-order valence-electron chi connectivity index (χ4n) is 4.00. The molecule has 2 aliphatic heterocycles. The quantitative estimate of drug-likeness (QED) is 0.868. The smallest absolute Gasteiger partial charge is 0.115 e. The van der Waals surface area contributed by atoms with Crippen LogP contribution in [0.15, 0.2) is 18.2 Å². The van der Waals surface area contributed by atoms with Gasteiger partial charge in [-0.25, -0.2) is 0 Å². The van der Waals surface area contributed by atoms with Crippen LogP contribution < -0.4 is 0 Å². The highest BCUT2D eigenvalue weighted by Crippen LogP contribution is 2.35. The van der Waals surface area contributed by atoms with E-state index in [0.29, 0.717) is 23.8 Å². The SMILES string of the molecule is CC1CCCO1.CCc1ccc(O)cc1C1CCN(CC)C(C)C1. The lowest BCUT2D eigenvalue weighted by molar-refractivity contribution is 0.125. The second-order valence-corrected chi connectivity index (χ2v) is 7.26. The van der Waals surface area contributed by atoms with Crippen LogP contribution in [0, 0.1) is 0 Å². The number of nitrogens with zero attached hydrogens (tertiary/aromatic N) is 1. The number of hydrogen-bond acceptors (Lipinski definition) is 3. The van der Waals surface area contributed by atoms with Gasteiger partial charge < -0.3 is 14.7 Å². The molecule has 0 aromatic heterocycles. The van der Waals surface area contributed by atoms with Gasteiger partial charge in [0.05, 0.1) is 6.10 Å². The maximum absolute atomic E-state index is 9.72. The summed E-state index contributed by atoms with van der Waals surface area (Å²) in [7, 11) is 0. The largest absolute Gasteiger partial charge is 0.508 e. The van der Waals surface area contributed by atoms with Crippen LogP contribution in [0.1, 0.15) is 70.4 Å². The molecule has 1 aromatic carbocycles. The van der Waals surface area contributed by atoms with Gasteiger partial charge in [0.25, 0.3) is 0 Å². The summed E-state index contributed by atoms with van der Waals surface area (Å²) in [4.78, 5) is 2.55. The van der Waals surface area contributed by atoms with Crippen LogP contribution in [0.2, 0.25) is 0 Å². The van der Waals surface area contributed by atoms with E-state index in [-0.39, 0.29) is 0 Å². The maximum atomic E-state index is 9.72. The first kappa shape index (κ1) is 19.3. The van der Waals surface area contributed by atoms with E-state index < -0.39 is 0 Å². The molecule has 0 aliphatic carbocycles. The molecule has 2 aliphatic rings. The minimum atomic E-state index is 0.410. The molecule has 3 atom stereocenters. The summed E-state index contributed by atoms with van der Waals surface area (Å²) in [6, 6.07) is 6.53. The standard InChI is InChI=1S/C16H25NO.C5H10O/c1-4-13-6-7-15(18)11-16(13)14-8-9-17(5-2)12(3)10-14;1-5-3-2-4-6-5/h6-7,11-12,14,18H,4-5,8-10H2,1-3H3;5H,2-4H2,1H3. The Labute approximate surface area is 148 Å². The molecule has 1 aromatic rings. The van der Waals surface area contributed by atoms with Crippen molar-refractivity contribution in [2.24, 2.45) is 0 Å². The topological polar surface area (TPSA) is 32.7 Å². The molecule has 3 rings (SSSR count). The Bertz CT molecular complexity index is 497. The Morgan fingerprint density at radius 3 is 2.50 bits per heavy atom. The van der Waals surface area contributed by atoms with Gasteiger partial charge in [0.2, 0.25) is 0 Å². The first-order valence-electron chi connectivity index (χ1n) is 9.72. The van der Waals surface area contributed by atoms with Crippen LogP contribution in [-0.4, -0.2) is 41.8 Å². The second kappa shape index (κ2) is 9.43. The molecule has 2 heterocycles. The second-order valence-electron chi connectivity index (χ2n) is 7.26. The highest BCUT2D eigenvalue weighted by Gasteiger charge is 2.26. The molecule has 3 nitrogen and oxygen atoms in total. The van der Waals surface area contributed by atoms with Crippen molar-refractivity contribution >= 4 is 0 Å². The van der Waals surface area contributed by atoms with Gasteiger partial charge in [0, 0.05) is 12.6 Å². The van der Waals surface area contributed by atoms with Gasteiger partial charge in [0.1, 0.15) is 5.75 Å². The van der Waals surface area contributed by atoms with Crippen molar-refractivity contribution in [2.45, 2.75) is 77.9 Å². The molecule has 1 N–H and O–H groups in total. The number of phenolic OH excluding ortho intramolecular Hbond substituents is 1. The lowest BCUT2D eigenvalue weighted by Crippen LogP contribution is -2.39. The molecule has 0 spiro atoms. The van der Waals surface area contributed by atoms with E-state index in [9.17, 15) is 5.11 Å². The van der Waals surface area contributed by atoms with E-state index in [2.05, 4.69) is 38.7 Å². The van der Waals surface area contributed by atoms with Gasteiger partial charge in [-0.05, 0) is 88.2 Å². The summed E-state index contributed by atoms with van der Waals surface area (Å²) < 4.78 is 5.15. The molecule has 3 heteroatoms. The van der Waals surface area contributed by atoms with Crippen molar-refractivity contribution in [3.63, 3.8) is 0 Å². The fraction of sp³-hybridized carbons (Fsp3) is 0.714. The molecule has 136 valence electrons. The van der Waals surface area contributed by atoms with Crippen molar-refractivity contribution in [1.29, 1.82) is 0 Å². The van der Waals surface area contributed by atoms with Crippen molar-refractivity contribution in [1.82, 2.24) is 4.90 Å². The molecule has 24 heavy (non-hydrogen) atoms. The predicted octanol–water partition coefficient (Wildman–Crippen LogP) is 4.73. The molecule has 3 unspecified atom stereocenters. The number of benzene rings is 1. The number of rotatable bonds is 3. The Kier molecular flexibility index (Phi) is 7.57. The van der Waals surface area contributed by atoms with Crippen molar-refractivity contribution in [3.8, 4) is 5.75 Å². The fourth-order valence-corrected chi connectivity index (χ4v) is 4.00. The molecular weight excluding hydrogens is 298 g/mol. The van der Waals surface area contributed by atoms with Gasteiger partial charge in [-0.15, -0.1) is 0 Å². The van der Waals surface area contributed by atoms with Gasteiger partial charge in [-0.1, -0.05) is 19.9 Å². The average molecular weight is 334 g/mol. The number of aromatic hydroxyl groups is 1. The summed E-state index contributed by atoms with van der Waals surface area (Å²) >= 11 is 0. The van der Waals surface area contributed by atoms with Gasteiger partial charge in [-0.2, -0.15) is 0 Å². The van der Waals surface area contributed by atoms with Crippen molar-refractivity contribution < 1.29 is 9.84 Å². The van der Waals surface area contributed by atoms with Crippen LogP contribution >= 0.6 is 0 Å². The van der Waals surface area contributed by atoms with Crippen LogP contribution in [0.5, 0.6) is 5.75 Å². The minimum Gasteiger partial charge on any atom is -0.508 e. The first-order chi connectivity index (χ1) is 11.5. The number of ether oxygens (including phenoxy) is 1. The third-order valence-corrected chi connectivity index (χ3v) is 5.53. The van der Waals surface area contributed by atoms with E-state index in [4.69, 9.17) is 4.74 Å². The van der Waals surface area contributed by atoms with Gasteiger partial charge >= 0.3 is 0 Å². The third-order valence-electron chi connectivity index (χ3n) is 5.53. The number of phenols is 1. The number of piperidine rings is 1.